The Morgan fingerprint density at radius 2 is 1.96 bits per heavy atom. The summed E-state index contributed by atoms with van der Waals surface area (Å²) in [5, 5.41) is 10.2. The number of carbonyl (C=O) groups is 1. The normalized spacial score (nSPS) is 15.5. The van der Waals surface area contributed by atoms with E-state index in [1.807, 2.05) is 30.4 Å². The number of hydrogen-bond acceptors (Lipinski definition) is 7. The number of carboxylic acids is 1. The fourth-order valence-corrected chi connectivity index (χ4v) is 4.34. The third kappa shape index (κ3) is 3.56. The molecule has 7 nitrogen and oxygen atoms in total. The van der Waals surface area contributed by atoms with Gasteiger partial charge in [0.05, 0.1) is 5.69 Å². The second kappa shape index (κ2) is 7.57. The van der Waals surface area contributed by atoms with Gasteiger partial charge in [-0.1, -0.05) is 12.2 Å². The first-order valence-electron chi connectivity index (χ1n) is 9.08. The Bertz CT molecular complexity index is 1040. The van der Waals surface area contributed by atoms with E-state index in [4.69, 9.17) is 16.5 Å². The number of aromatic nitrogens is 2. The molecule has 1 fully saturated rings. The lowest BCUT2D eigenvalue weighted by Crippen LogP contribution is -2.40. The van der Waals surface area contributed by atoms with Crippen molar-refractivity contribution in [3.05, 3.63) is 46.6 Å². The number of nitrogens with zero attached hydrogens (tertiary/aromatic N) is 3. The number of anilines is 2. The highest BCUT2D eigenvalue weighted by atomic mass is 32.1. The molecule has 0 radical (unpaired) electrons. The first-order valence-corrected chi connectivity index (χ1v) is 9.89. The predicted molar refractivity (Wildman–Crippen MR) is 114 cm³/mol. The lowest BCUT2D eigenvalue weighted by Gasteiger charge is -2.31. The van der Waals surface area contributed by atoms with Gasteiger partial charge in [-0.05, 0) is 42.2 Å². The Hall–Kier alpha value is -2.97. The zero-order valence-electron chi connectivity index (χ0n) is 15.2. The SMILES string of the molecule is Nc1c(C(=O)O)sc2nc(N3CCC(N)CC3)cc(/C=C/c3ccncc3)c12. The molecule has 1 aliphatic rings. The number of piperidine rings is 1. The monoisotopic (exact) mass is 395 g/mol. The molecule has 1 aliphatic heterocycles. The molecule has 1 saturated heterocycles. The van der Waals surface area contributed by atoms with Gasteiger partial charge in [0, 0.05) is 36.9 Å². The van der Waals surface area contributed by atoms with E-state index in [0.717, 1.165) is 54.2 Å². The van der Waals surface area contributed by atoms with Crippen LogP contribution in [0.2, 0.25) is 0 Å². The fourth-order valence-electron chi connectivity index (χ4n) is 3.38. The van der Waals surface area contributed by atoms with Crippen molar-refractivity contribution < 1.29 is 9.90 Å². The number of rotatable bonds is 4. The molecule has 0 spiro atoms. The van der Waals surface area contributed by atoms with E-state index >= 15 is 0 Å². The number of nitrogen functional groups attached to an aromatic ring is 1. The van der Waals surface area contributed by atoms with Gasteiger partial charge in [-0.15, -0.1) is 11.3 Å². The van der Waals surface area contributed by atoms with Gasteiger partial charge in [-0.25, -0.2) is 9.78 Å². The van der Waals surface area contributed by atoms with Crippen LogP contribution in [-0.4, -0.2) is 40.2 Å². The summed E-state index contributed by atoms with van der Waals surface area (Å²) in [6, 6.07) is 6.01. The molecule has 0 aromatic carbocycles. The van der Waals surface area contributed by atoms with E-state index in [1.54, 1.807) is 12.4 Å². The molecule has 4 rings (SSSR count). The average molecular weight is 395 g/mol. The molecule has 0 saturated carbocycles. The zero-order chi connectivity index (χ0) is 19.7. The summed E-state index contributed by atoms with van der Waals surface area (Å²) >= 11 is 1.12. The Kier molecular flexibility index (Phi) is 4.97. The van der Waals surface area contributed by atoms with Gasteiger partial charge in [0.1, 0.15) is 15.5 Å². The van der Waals surface area contributed by atoms with E-state index < -0.39 is 5.97 Å². The number of aromatic carboxylic acids is 1. The third-order valence-electron chi connectivity index (χ3n) is 4.94. The lowest BCUT2D eigenvalue weighted by molar-refractivity contribution is 0.0703. The molecule has 5 N–H and O–H groups in total. The summed E-state index contributed by atoms with van der Waals surface area (Å²) in [4.78, 5) is 23.3. The van der Waals surface area contributed by atoms with E-state index in [-0.39, 0.29) is 16.6 Å². The lowest BCUT2D eigenvalue weighted by atomic mass is 10.1. The Labute approximate surface area is 166 Å². The van der Waals surface area contributed by atoms with E-state index in [9.17, 15) is 9.90 Å². The number of fused-ring (bicyclic) bond motifs is 1. The van der Waals surface area contributed by atoms with Crippen LogP contribution < -0.4 is 16.4 Å². The Balaban J connectivity index is 1.82. The van der Waals surface area contributed by atoms with Gasteiger partial charge in [0.2, 0.25) is 0 Å². The van der Waals surface area contributed by atoms with Crippen molar-refractivity contribution >= 4 is 51.2 Å². The van der Waals surface area contributed by atoms with Crippen LogP contribution in [0.4, 0.5) is 11.5 Å². The van der Waals surface area contributed by atoms with Crippen molar-refractivity contribution in [1.82, 2.24) is 9.97 Å². The first-order chi connectivity index (χ1) is 13.5. The van der Waals surface area contributed by atoms with Crippen LogP contribution in [0.3, 0.4) is 0 Å². The van der Waals surface area contributed by atoms with Crippen LogP contribution in [0.15, 0.2) is 30.6 Å². The quantitative estimate of drug-likeness (QED) is 0.621. The number of pyridine rings is 2. The molecule has 144 valence electrons. The molecule has 8 heteroatoms. The van der Waals surface area contributed by atoms with Crippen LogP contribution >= 0.6 is 11.3 Å². The number of carboxylic acid groups (broad SMARTS) is 1. The molecule has 0 unspecified atom stereocenters. The van der Waals surface area contributed by atoms with E-state index in [1.165, 1.54) is 0 Å². The Morgan fingerprint density at radius 1 is 1.25 bits per heavy atom. The van der Waals surface area contributed by atoms with Crippen molar-refractivity contribution in [1.29, 1.82) is 0 Å². The van der Waals surface area contributed by atoms with Gasteiger partial charge in [-0.2, -0.15) is 0 Å². The highest BCUT2D eigenvalue weighted by Crippen LogP contribution is 2.38. The zero-order valence-corrected chi connectivity index (χ0v) is 16.0. The van der Waals surface area contributed by atoms with Crippen LogP contribution in [0.5, 0.6) is 0 Å². The molecule has 0 aliphatic carbocycles. The summed E-state index contributed by atoms with van der Waals surface area (Å²) < 4.78 is 0. The van der Waals surface area contributed by atoms with Gasteiger partial charge in [0.15, 0.2) is 0 Å². The second-order valence-electron chi connectivity index (χ2n) is 6.84. The first kappa shape index (κ1) is 18.4. The van der Waals surface area contributed by atoms with Gasteiger partial charge >= 0.3 is 5.97 Å². The third-order valence-corrected chi connectivity index (χ3v) is 6.02. The summed E-state index contributed by atoms with van der Waals surface area (Å²) in [6.07, 6.45) is 9.19. The molecule has 0 amide bonds. The maximum Gasteiger partial charge on any atom is 0.348 e. The fraction of sp³-hybridized carbons (Fsp3) is 0.250. The van der Waals surface area contributed by atoms with Gasteiger partial charge < -0.3 is 21.5 Å². The minimum absolute atomic E-state index is 0.124. The topological polar surface area (TPSA) is 118 Å². The molecule has 28 heavy (non-hydrogen) atoms. The van der Waals surface area contributed by atoms with Crippen LogP contribution in [0.1, 0.15) is 33.6 Å². The van der Waals surface area contributed by atoms with Crippen molar-refractivity contribution in [2.24, 2.45) is 5.73 Å². The second-order valence-corrected chi connectivity index (χ2v) is 7.84. The molecule has 4 heterocycles. The number of thiophene rings is 1. The maximum absolute atomic E-state index is 11.6. The molecular weight excluding hydrogens is 374 g/mol. The molecule has 3 aromatic heterocycles. The smallest absolute Gasteiger partial charge is 0.348 e. The minimum Gasteiger partial charge on any atom is -0.477 e. The van der Waals surface area contributed by atoms with Gasteiger partial charge in [-0.3, -0.25) is 4.98 Å². The molecule has 3 aromatic rings. The highest BCUT2D eigenvalue weighted by Gasteiger charge is 2.22. The summed E-state index contributed by atoms with van der Waals surface area (Å²) in [5.41, 5.74) is 14.3. The highest BCUT2D eigenvalue weighted by molar-refractivity contribution is 7.21. The largest absolute Gasteiger partial charge is 0.477 e. The van der Waals surface area contributed by atoms with E-state index in [0.29, 0.717) is 10.2 Å². The average Bonchev–Trinajstić information content (AvgIpc) is 3.04. The summed E-state index contributed by atoms with van der Waals surface area (Å²) in [5.74, 6) is -0.206. The van der Waals surface area contributed by atoms with Crippen molar-refractivity contribution in [2.75, 3.05) is 23.7 Å². The van der Waals surface area contributed by atoms with Gasteiger partial charge in [0.25, 0.3) is 0 Å². The molecular formula is C20H21N5O2S. The van der Waals surface area contributed by atoms with Crippen molar-refractivity contribution in [2.45, 2.75) is 18.9 Å². The van der Waals surface area contributed by atoms with Crippen molar-refractivity contribution in [3.8, 4) is 0 Å². The summed E-state index contributed by atoms with van der Waals surface area (Å²) in [7, 11) is 0. The maximum atomic E-state index is 11.6. The van der Waals surface area contributed by atoms with E-state index in [2.05, 4.69) is 9.88 Å². The predicted octanol–water partition coefficient (Wildman–Crippen LogP) is 3.07. The van der Waals surface area contributed by atoms with Crippen molar-refractivity contribution in [3.63, 3.8) is 0 Å². The standard InChI is InChI=1S/C20H21N5O2S/c21-14-5-9-25(10-6-14)15-11-13(2-1-12-3-7-23-8-4-12)16-17(22)18(20(26)27)28-19(16)24-15/h1-4,7-8,11,14H,5-6,9-10,21-22H2,(H,26,27)/b2-1+. The molecule has 0 bridgehead atoms. The van der Waals surface area contributed by atoms with Crippen LogP contribution in [0, 0.1) is 0 Å². The number of hydrogen-bond donors (Lipinski definition) is 3. The number of nitrogens with two attached hydrogens (primary N) is 2. The van der Waals surface area contributed by atoms with Crippen LogP contribution in [0.25, 0.3) is 22.4 Å². The summed E-state index contributed by atoms with van der Waals surface area (Å²) in [6.45, 7) is 1.67. The minimum atomic E-state index is -1.03. The van der Waals surface area contributed by atoms with Crippen LogP contribution in [-0.2, 0) is 0 Å². The molecule has 0 atom stereocenters. The Morgan fingerprint density at radius 3 is 2.64 bits per heavy atom.